The first-order chi connectivity index (χ1) is 17.2. The topological polar surface area (TPSA) is 109 Å². The lowest BCUT2D eigenvalue weighted by atomic mass is 9.99. The van der Waals surface area contributed by atoms with Crippen LogP contribution in [0.2, 0.25) is 0 Å². The molecule has 0 aromatic carbocycles. The molecule has 10 nitrogen and oxygen atoms in total. The molecule has 11 heteroatoms. The van der Waals surface area contributed by atoms with Crippen LogP contribution in [-0.2, 0) is 9.84 Å². The van der Waals surface area contributed by atoms with E-state index in [4.69, 9.17) is 9.72 Å². The summed E-state index contributed by atoms with van der Waals surface area (Å²) in [5.74, 6) is 2.13. The Balaban J connectivity index is 1.41. The zero-order valence-electron chi connectivity index (χ0n) is 21.2. The third-order valence-electron chi connectivity index (χ3n) is 6.78. The molecule has 36 heavy (non-hydrogen) atoms. The molecular weight excluding hydrogens is 478 g/mol. The first-order valence-corrected chi connectivity index (χ1v) is 14.3. The predicted molar refractivity (Wildman–Crippen MR) is 142 cm³/mol. The van der Waals surface area contributed by atoms with E-state index in [1.807, 2.05) is 12.3 Å². The molecule has 1 aliphatic rings. The van der Waals surface area contributed by atoms with E-state index in [-0.39, 0.29) is 11.7 Å². The molecule has 1 saturated heterocycles. The van der Waals surface area contributed by atoms with Crippen LogP contribution in [-0.4, -0.2) is 89.7 Å². The van der Waals surface area contributed by atoms with Crippen molar-refractivity contribution in [1.29, 1.82) is 0 Å². The molecule has 1 aliphatic heterocycles. The Morgan fingerprint density at radius 3 is 2.64 bits per heavy atom. The molecule has 4 aromatic heterocycles. The van der Waals surface area contributed by atoms with Crippen LogP contribution >= 0.6 is 0 Å². The number of piperazine rings is 1. The van der Waals surface area contributed by atoms with Crippen molar-refractivity contribution in [3.05, 3.63) is 36.3 Å². The Kier molecular flexibility index (Phi) is 6.60. The van der Waals surface area contributed by atoms with E-state index in [1.54, 1.807) is 11.6 Å². The number of hydrogen-bond acceptors (Lipinski definition) is 8. The lowest BCUT2D eigenvalue weighted by Gasteiger charge is -2.35. The van der Waals surface area contributed by atoms with Crippen molar-refractivity contribution in [2.45, 2.75) is 26.2 Å². The third-order valence-corrected chi connectivity index (χ3v) is 7.81. The maximum Gasteiger partial charge on any atom is 0.197 e. The second kappa shape index (κ2) is 9.70. The Bertz CT molecular complexity index is 1480. The SMILES string of the molecule is COc1cc(-c2[nH]c3ccc(N4CCN(CCCS(C)(=O)=O)CC4)nc3c2C(C)C)cn2ncnc12. The molecule has 0 aliphatic carbocycles. The second-order valence-corrected chi connectivity index (χ2v) is 12.0. The number of anilines is 1. The number of H-pyrrole nitrogens is 1. The summed E-state index contributed by atoms with van der Waals surface area (Å²) in [7, 11) is -1.27. The normalized spacial score (nSPS) is 15.4. The van der Waals surface area contributed by atoms with E-state index < -0.39 is 9.84 Å². The number of methoxy groups -OCH3 is 1. The number of pyridine rings is 2. The zero-order chi connectivity index (χ0) is 25.4. The van der Waals surface area contributed by atoms with Crippen LogP contribution < -0.4 is 9.64 Å². The number of fused-ring (bicyclic) bond motifs is 2. The number of hydrogen-bond donors (Lipinski definition) is 1. The smallest absolute Gasteiger partial charge is 0.197 e. The summed E-state index contributed by atoms with van der Waals surface area (Å²) in [6.45, 7) is 8.71. The van der Waals surface area contributed by atoms with E-state index in [0.717, 1.165) is 66.4 Å². The summed E-state index contributed by atoms with van der Waals surface area (Å²) in [6, 6.07) is 6.18. The van der Waals surface area contributed by atoms with E-state index in [0.29, 0.717) is 17.8 Å². The first-order valence-electron chi connectivity index (χ1n) is 12.3. The average Bonchev–Trinajstić information content (AvgIpc) is 3.47. The molecule has 4 aromatic rings. The maximum atomic E-state index is 11.4. The summed E-state index contributed by atoms with van der Waals surface area (Å²) in [5.41, 5.74) is 5.79. The van der Waals surface area contributed by atoms with Crippen LogP contribution in [0.1, 0.15) is 31.7 Å². The number of aromatic nitrogens is 5. The molecule has 1 N–H and O–H groups in total. The number of sulfone groups is 1. The highest BCUT2D eigenvalue weighted by Gasteiger charge is 2.22. The average molecular weight is 512 g/mol. The second-order valence-electron chi connectivity index (χ2n) is 9.77. The van der Waals surface area contributed by atoms with Gasteiger partial charge in [0, 0.05) is 49.8 Å². The quantitative estimate of drug-likeness (QED) is 0.385. The van der Waals surface area contributed by atoms with Crippen LogP contribution in [0.5, 0.6) is 5.75 Å². The van der Waals surface area contributed by atoms with Gasteiger partial charge in [-0.25, -0.2) is 22.9 Å². The van der Waals surface area contributed by atoms with Crippen LogP contribution in [0, 0.1) is 0 Å². The largest absolute Gasteiger partial charge is 0.493 e. The van der Waals surface area contributed by atoms with Gasteiger partial charge in [-0.15, -0.1) is 0 Å². The van der Waals surface area contributed by atoms with Gasteiger partial charge in [0.05, 0.1) is 29.6 Å². The van der Waals surface area contributed by atoms with Crippen LogP contribution in [0.25, 0.3) is 27.9 Å². The van der Waals surface area contributed by atoms with Gasteiger partial charge in [-0.2, -0.15) is 5.10 Å². The summed E-state index contributed by atoms with van der Waals surface area (Å²) in [4.78, 5) is 17.6. The molecule has 0 atom stereocenters. The van der Waals surface area contributed by atoms with E-state index in [2.05, 4.69) is 50.8 Å². The maximum absolute atomic E-state index is 11.4. The minimum Gasteiger partial charge on any atom is -0.493 e. The van der Waals surface area contributed by atoms with Crippen molar-refractivity contribution >= 4 is 32.3 Å². The Labute approximate surface area is 211 Å². The van der Waals surface area contributed by atoms with Crippen molar-refractivity contribution in [3.63, 3.8) is 0 Å². The van der Waals surface area contributed by atoms with Crippen molar-refractivity contribution in [2.75, 3.05) is 56.7 Å². The van der Waals surface area contributed by atoms with Gasteiger partial charge in [0.15, 0.2) is 11.4 Å². The summed E-state index contributed by atoms with van der Waals surface area (Å²) < 4.78 is 30.1. The van der Waals surface area contributed by atoms with Gasteiger partial charge in [-0.05, 0) is 37.1 Å². The van der Waals surface area contributed by atoms with Gasteiger partial charge in [-0.3, -0.25) is 4.90 Å². The van der Waals surface area contributed by atoms with Crippen LogP contribution in [0.15, 0.2) is 30.7 Å². The number of aromatic amines is 1. The fraction of sp³-hybridized carbons (Fsp3) is 0.480. The van der Waals surface area contributed by atoms with Crippen LogP contribution in [0.4, 0.5) is 5.82 Å². The molecule has 0 unspecified atom stereocenters. The van der Waals surface area contributed by atoms with Gasteiger partial charge < -0.3 is 14.6 Å². The third kappa shape index (κ3) is 4.90. The fourth-order valence-corrected chi connectivity index (χ4v) is 5.63. The van der Waals surface area contributed by atoms with Gasteiger partial charge in [0.2, 0.25) is 0 Å². The monoisotopic (exact) mass is 511 g/mol. The van der Waals surface area contributed by atoms with Crippen molar-refractivity contribution in [2.24, 2.45) is 0 Å². The van der Waals surface area contributed by atoms with Gasteiger partial charge in [-0.1, -0.05) is 13.8 Å². The molecule has 0 bridgehead atoms. The van der Waals surface area contributed by atoms with E-state index >= 15 is 0 Å². The van der Waals surface area contributed by atoms with Gasteiger partial charge in [0.25, 0.3) is 0 Å². The molecule has 1 fully saturated rings. The van der Waals surface area contributed by atoms with Gasteiger partial charge >= 0.3 is 0 Å². The molecule has 192 valence electrons. The van der Waals surface area contributed by atoms with E-state index in [1.165, 1.54) is 12.6 Å². The minimum absolute atomic E-state index is 0.245. The number of nitrogens with zero attached hydrogens (tertiary/aromatic N) is 6. The first kappa shape index (κ1) is 24.5. The van der Waals surface area contributed by atoms with Crippen molar-refractivity contribution in [1.82, 2.24) is 29.5 Å². The number of nitrogens with one attached hydrogen (secondary N) is 1. The molecule has 0 spiro atoms. The molecule has 5 rings (SSSR count). The highest BCUT2D eigenvalue weighted by Crippen LogP contribution is 2.37. The molecule has 0 radical (unpaired) electrons. The Morgan fingerprint density at radius 2 is 1.94 bits per heavy atom. The van der Waals surface area contributed by atoms with Crippen molar-refractivity contribution in [3.8, 4) is 17.0 Å². The lowest BCUT2D eigenvalue weighted by molar-refractivity contribution is 0.258. The lowest BCUT2D eigenvalue weighted by Crippen LogP contribution is -2.47. The number of rotatable bonds is 8. The summed E-state index contributed by atoms with van der Waals surface area (Å²) in [6.07, 6.45) is 5.47. The highest BCUT2D eigenvalue weighted by molar-refractivity contribution is 7.90. The molecule has 0 saturated carbocycles. The van der Waals surface area contributed by atoms with Crippen molar-refractivity contribution < 1.29 is 13.2 Å². The van der Waals surface area contributed by atoms with E-state index in [9.17, 15) is 8.42 Å². The van der Waals surface area contributed by atoms with Gasteiger partial charge in [0.1, 0.15) is 22.0 Å². The van der Waals surface area contributed by atoms with Crippen LogP contribution in [0.3, 0.4) is 0 Å². The summed E-state index contributed by atoms with van der Waals surface area (Å²) >= 11 is 0. The summed E-state index contributed by atoms with van der Waals surface area (Å²) in [5, 5.41) is 4.31. The zero-order valence-corrected chi connectivity index (χ0v) is 22.0. The molecular formula is C25H33N7O3S. The predicted octanol–water partition coefficient (Wildman–Crippen LogP) is 2.96. The minimum atomic E-state index is -2.91. The standard InChI is InChI=1S/C25H33N7O3S/c1-17(2)22-23(18-14-20(35-3)25-26-16-27-32(25)15-18)28-19-6-7-21(29-24(19)22)31-11-9-30(10-12-31)8-5-13-36(4,33)34/h6-7,14-17,28H,5,8-13H2,1-4H3. The number of ether oxygens (including phenoxy) is 1. The Morgan fingerprint density at radius 1 is 1.17 bits per heavy atom. The molecule has 5 heterocycles. The Hall–Kier alpha value is -3.18. The highest BCUT2D eigenvalue weighted by atomic mass is 32.2. The molecule has 0 amide bonds. The fourth-order valence-electron chi connectivity index (χ4n) is 4.97.